The van der Waals surface area contributed by atoms with E-state index in [-0.39, 0.29) is 11.9 Å². The number of carbonyl (C=O) groups excluding carboxylic acids is 1. The van der Waals surface area contributed by atoms with Gasteiger partial charge in [0.15, 0.2) is 0 Å². The lowest BCUT2D eigenvalue weighted by Gasteiger charge is -2.12. The van der Waals surface area contributed by atoms with E-state index >= 15 is 0 Å². The van der Waals surface area contributed by atoms with Gasteiger partial charge in [0.25, 0.3) is 5.91 Å². The Morgan fingerprint density at radius 2 is 1.70 bits per heavy atom. The highest BCUT2D eigenvalue weighted by Gasteiger charge is 2.30. The average molecular weight is 373 g/mol. The van der Waals surface area contributed by atoms with E-state index in [4.69, 9.17) is 4.74 Å². The monoisotopic (exact) mass is 373 g/mol. The van der Waals surface area contributed by atoms with Crippen molar-refractivity contribution in [2.45, 2.75) is 26.1 Å². The number of halogens is 3. The maximum absolute atomic E-state index is 12.7. The summed E-state index contributed by atoms with van der Waals surface area (Å²) in [5, 5.41) is 4.40. The summed E-state index contributed by atoms with van der Waals surface area (Å²) >= 11 is 0. The van der Waals surface area contributed by atoms with Crippen LogP contribution in [0.1, 0.15) is 29.8 Å². The van der Waals surface area contributed by atoms with Crippen LogP contribution in [0.5, 0.6) is 11.5 Å². The fraction of sp³-hybridized carbons (Fsp3) is 0.190. The number of hydrogen-bond acceptors (Lipinski definition) is 2. The molecule has 3 nitrogen and oxygen atoms in total. The Labute approximate surface area is 154 Å². The molecule has 0 aromatic heterocycles. The lowest BCUT2D eigenvalue weighted by Crippen LogP contribution is -2.29. The van der Waals surface area contributed by atoms with E-state index in [1.807, 2.05) is 19.9 Å². The van der Waals surface area contributed by atoms with Crippen LogP contribution in [-0.2, 0) is 6.18 Å². The Hall–Kier alpha value is -3.02. The first kappa shape index (κ1) is 18.8. The van der Waals surface area contributed by atoms with Crippen molar-refractivity contribution >= 4 is 16.7 Å². The number of nitrogens with one attached hydrogen (secondary N) is 1. The molecule has 0 saturated heterocycles. The summed E-state index contributed by atoms with van der Waals surface area (Å²) in [6, 6.07) is 15.1. The molecule has 1 N–H and O–H groups in total. The van der Waals surface area contributed by atoms with Crippen molar-refractivity contribution in [2.75, 3.05) is 0 Å². The zero-order valence-corrected chi connectivity index (χ0v) is 14.8. The zero-order valence-electron chi connectivity index (χ0n) is 14.8. The van der Waals surface area contributed by atoms with Crippen molar-refractivity contribution in [3.63, 3.8) is 0 Å². The Morgan fingerprint density at radius 3 is 2.33 bits per heavy atom. The highest BCUT2D eigenvalue weighted by atomic mass is 19.4. The largest absolute Gasteiger partial charge is 0.457 e. The minimum atomic E-state index is -4.38. The van der Waals surface area contributed by atoms with Gasteiger partial charge in [0.05, 0.1) is 5.56 Å². The summed E-state index contributed by atoms with van der Waals surface area (Å²) in [7, 11) is 0. The van der Waals surface area contributed by atoms with Crippen molar-refractivity contribution in [3.8, 4) is 11.5 Å². The van der Waals surface area contributed by atoms with E-state index in [0.29, 0.717) is 17.1 Å². The van der Waals surface area contributed by atoms with Gasteiger partial charge in [-0.15, -0.1) is 0 Å². The molecular formula is C21H18F3NO2. The molecular weight excluding hydrogens is 355 g/mol. The summed E-state index contributed by atoms with van der Waals surface area (Å²) in [5.41, 5.74) is -0.198. The smallest absolute Gasteiger partial charge is 0.416 e. The first-order chi connectivity index (χ1) is 12.7. The lowest BCUT2D eigenvalue weighted by atomic mass is 10.1. The van der Waals surface area contributed by atoms with Crippen LogP contribution >= 0.6 is 0 Å². The highest BCUT2D eigenvalue weighted by molar-refractivity contribution is 6.00. The van der Waals surface area contributed by atoms with Crippen LogP contribution in [0.25, 0.3) is 10.8 Å². The van der Waals surface area contributed by atoms with Gasteiger partial charge in [-0.3, -0.25) is 4.79 Å². The highest BCUT2D eigenvalue weighted by Crippen LogP contribution is 2.33. The molecule has 1 amide bonds. The van der Waals surface area contributed by atoms with Gasteiger partial charge in [-0.05, 0) is 67.8 Å². The number of fused-ring (bicyclic) bond motifs is 1. The molecule has 0 bridgehead atoms. The number of ether oxygens (including phenoxy) is 1. The van der Waals surface area contributed by atoms with Gasteiger partial charge in [0.1, 0.15) is 11.5 Å². The van der Waals surface area contributed by atoms with Crippen molar-refractivity contribution in [1.82, 2.24) is 5.32 Å². The standard InChI is InChI=1S/C21H18F3NO2/c1-13(2)25-20(26)15-6-11-18-14(12-15)4-3-5-19(18)27-17-9-7-16(8-10-17)21(22,23)24/h3-13H,1-2H3,(H,25,26). The maximum atomic E-state index is 12.7. The Kier molecular flexibility index (Phi) is 5.08. The van der Waals surface area contributed by atoms with E-state index < -0.39 is 11.7 Å². The molecule has 0 fully saturated rings. The SMILES string of the molecule is CC(C)NC(=O)c1ccc2c(Oc3ccc(C(F)(F)F)cc3)cccc2c1. The molecule has 27 heavy (non-hydrogen) atoms. The molecule has 0 radical (unpaired) electrons. The van der Waals surface area contributed by atoms with Crippen molar-refractivity contribution in [1.29, 1.82) is 0 Å². The molecule has 0 aliphatic carbocycles. The van der Waals surface area contributed by atoms with Gasteiger partial charge in [-0.2, -0.15) is 13.2 Å². The van der Waals surface area contributed by atoms with Gasteiger partial charge >= 0.3 is 6.18 Å². The lowest BCUT2D eigenvalue weighted by molar-refractivity contribution is -0.137. The van der Waals surface area contributed by atoms with E-state index in [1.54, 1.807) is 30.3 Å². The van der Waals surface area contributed by atoms with E-state index in [0.717, 1.165) is 22.9 Å². The summed E-state index contributed by atoms with van der Waals surface area (Å²) in [4.78, 5) is 12.2. The van der Waals surface area contributed by atoms with Crippen molar-refractivity contribution in [2.24, 2.45) is 0 Å². The predicted octanol–water partition coefficient (Wildman–Crippen LogP) is 5.79. The molecule has 0 aliphatic rings. The average Bonchev–Trinajstić information content (AvgIpc) is 2.60. The molecule has 0 unspecified atom stereocenters. The molecule has 3 rings (SSSR count). The van der Waals surface area contributed by atoms with Gasteiger partial charge in [0.2, 0.25) is 0 Å². The second-order valence-electron chi connectivity index (χ2n) is 6.44. The van der Waals surface area contributed by atoms with Crippen LogP contribution in [0, 0.1) is 0 Å². The summed E-state index contributed by atoms with van der Waals surface area (Å²) in [6.45, 7) is 3.77. The maximum Gasteiger partial charge on any atom is 0.416 e. The van der Waals surface area contributed by atoms with Crippen LogP contribution in [-0.4, -0.2) is 11.9 Å². The molecule has 140 valence electrons. The summed E-state index contributed by atoms with van der Waals surface area (Å²) in [6.07, 6.45) is -4.38. The first-order valence-electron chi connectivity index (χ1n) is 8.43. The van der Waals surface area contributed by atoms with Crippen molar-refractivity contribution < 1.29 is 22.7 Å². The quantitative estimate of drug-likeness (QED) is 0.629. The number of amides is 1. The van der Waals surface area contributed by atoms with Gasteiger partial charge in [0, 0.05) is 17.0 Å². The second-order valence-corrected chi connectivity index (χ2v) is 6.44. The molecule has 3 aromatic carbocycles. The first-order valence-corrected chi connectivity index (χ1v) is 8.43. The number of alkyl halides is 3. The Balaban J connectivity index is 1.88. The third-order valence-electron chi connectivity index (χ3n) is 3.93. The van der Waals surface area contributed by atoms with Gasteiger partial charge in [-0.25, -0.2) is 0 Å². The third-order valence-corrected chi connectivity index (χ3v) is 3.93. The van der Waals surface area contributed by atoms with Crippen LogP contribution in [0.4, 0.5) is 13.2 Å². The summed E-state index contributed by atoms with van der Waals surface area (Å²) in [5.74, 6) is 0.640. The zero-order chi connectivity index (χ0) is 19.6. The van der Waals surface area contributed by atoms with Crippen LogP contribution in [0.15, 0.2) is 60.7 Å². The molecule has 6 heteroatoms. The number of carbonyl (C=O) groups is 1. The van der Waals surface area contributed by atoms with Gasteiger partial charge < -0.3 is 10.1 Å². The van der Waals surface area contributed by atoms with E-state index in [1.165, 1.54) is 12.1 Å². The number of hydrogen-bond donors (Lipinski definition) is 1. The fourth-order valence-electron chi connectivity index (χ4n) is 2.67. The molecule has 0 spiro atoms. The number of benzene rings is 3. The van der Waals surface area contributed by atoms with Crippen LogP contribution < -0.4 is 10.1 Å². The van der Waals surface area contributed by atoms with Crippen LogP contribution in [0.2, 0.25) is 0 Å². The van der Waals surface area contributed by atoms with E-state index in [2.05, 4.69) is 5.32 Å². The predicted molar refractivity (Wildman–Crippen MR) is 98.1 cm³/mol. The minimum Gasteiger partial charge on any atom is -0.457 e. The minimum absolute atomic E-state index is 0.0301. The number of rotatable bonds is 4. The van der Waals surface area contributed by atoms with Crippen molar-refractivity contribution in [3.05, 3.63) is 71.8 Å². The molecule has 0 aliphatic heterocycles. The fourth-order valence-corrected chi connectivity index (χ4v) is 2.67. The molecule has 0 heterocycles. The normalized spacial score (nSPS) is 11.6. The molecule has 0 saturated carbocycles. The Morgan fingerprint density at radius 1 is 1.00 bits per heavy atom. The van der Waals surface area contributed by atoms with Gasteiger partial charge in [-0.1, -0.05) is 12.1 Å². The molecule has 3 aromatic rings. The molecule has 0 atom stereocenters. The Bertz CT molecular complexity index is 963. The van der Waals surface area contributed by atoms with E-state index in [9.17, 15) is 18.0 Å². The summed E-state index contributed by atoms with van der Waals surface area (Å²) < 4.78 is 43.7. The third kappa shape index (κ3) is 4.39. The topological polar surface area (TPSA) is 38.3 Å². The second kappa shape index (κ2) is 7.31. The van der Waals surface area contributed by atoms with Crippen LogP contribution in [0.3, 0.4) is 0 Å².